The lowest BCUT2D eigenvalue weighted by Crippen LogP contribution is -2.45. The van der Waals surface area contributed by atoms with Gasteiger partial charge in [-0.1, -0.05) is 0 Å². The average Bonchev–Trinajstić information content (AvgIpc) is 2.86. The summed E-state index contributed by atoms with van der Waals surface area (Å²) in [5.74, 6) is 1.26. The molecule has 0 aliphatic carbocycles. The van der Waals surface area contributed by atoms with Crippen molar-refractivity contribution in [1.82, 2.24) is 4.90 Å². The van der Waals surface area contributed by atoms with Crippen LogP contribution in [0.25, 0.3) is 0 Å². The number of fused-ring (bicyclic) bond motifs is 1. The average molecular weight is 327 g/mol. The van der Waals surface area contributed by atoms with E-state index < -0.39 is 0 Å². The smallest absolute Gasteiger partial charge is 0.254 e. The number of benzene rings is 1. The van der Waals surface area contributed by atoms with E-state index in [0.717, 1.165) is 23.9 Å². The first-order valence-electron chi connectivity index (χ1n) is 6.29. The van der Waals surface area contributed by atoms with Gasteiger partial charge in [-0.25, -0.2) is 0 Å². The van der Waals surface area contributed by atoms with Crippen LogP contribution < -0.4 is 15.2 Å². The van der Waals surface area contributed by atoms with Crippen LogP contribution in [0, 0.1) is 0 Å². The number of likely N-dealkylation sites (tertiary alicyclic amines) is 1. The monoisotopic (exact) mass is 326 g/mol. The molecule has 1 aromatic rings. The largest absolute Gasteiger partial charge is 0.454 e. The zero-order valence-corrected chi connectivity index (χ0v) is 12.0. The lowest BCUT2D eigenvalue weighted by molar-refractivity contribution is 0.0708. The van der Waals surface area contributed by atoms with Crippen molar-refractivity contribution in [2.24, 2.45) is 5.73 Å². The lowest BCUT2D eigenvalue weighted by atomic mass is 10.1. The number of piperidine rings is 1. The summed E-state index contributed by atoms with van der Waals surface area (Å²) in [6.07, 6.45) is 1.94. The van der Waals surface area contributed by atoms with Gasteiger partial charge in [0.05, 0.1) is 4.47 Å². The topological polar surface area (TPSA) is 64.8 Å². The third-order valence-electron chi connectivity index (χ3n) is 3.42. The number of carbonyl (C=O) groups is 1. The summed E-state index contributed by atoms with van der Waals surface area (Å²) in [5, 5.41) is 0. The molecular formula is C13H15BrN2O3. The van der Waals surface area contributed by atoms with Crippen molar-refractivity contribution < 1.29 is 14.3 Å². The molecule has 1 atom stereocenters. The van der Waals surface area contributed by atoms with Crippen molar-refractivity contribution in [3.63, 3.8) is 0 Å². The predicted molar refractivity (Wildman–Crippen MR) is 73.4 cm³/mol. The van der Waals surface area contributed by atoms with Crippen LogP contribution in [0.5, 0.6) is 11.5 Å². The molecule has 2 heterocycles. The molecule has 1 amide bonds. The first-order valence-corrected chi connectivity index (χ1v) is 7.08. The maximum atomic E-state index is 12.5. The van der Waals surface area contributed by atoms with E-state index in [-0.39, 0.29) is 18.7 Å². The second-order valence-electron chi connectivity index (χ2n) is 4.85. The molecule has 2 aliphatic rings. The highest BCUT2D eigenvalue weighted by atomic mass is 79.9. The minimum Gasteiger partial charge on any atom is -0.454 e. The molecule has 19 heavy (non-hydrogen) atoms. The van der Waals surface area contributed by atoms with Crippen LogP contribution in [-0.2, 0) is 0 Å². The van der Waals surface area contributed by atoms with Gasteiger partial charge in [0, 0.05) is 24.7 Å². The summed E-state index contributed by atoms with van der Waals surface area (Å²) >= 11 is 3.40. The maximum absolute atomic E-state index is 12.5. The fourth-order valence-electron chi connectivity index (χ4n) is 2.47. The second-order valence-corrected chi connectivity index (χ2v) is 5.70. The number of ether oxygens (including phenoxy) is 2. The fraction of sp³-hybridized carbons (Fsp3) is 0.462. The quantitative estimate of drug-likeness (QED) is 0.853. The fourth-order valence-corrected chi connectivity index (χ4v) is 3.02. The van der Waals surface area contributed by atoms with E-state index in [4.69, 9.17) is 15.2 Å². The Kier molecular flexibility index (Phi) is 3.36. The van der Waals surface area contributed by atoms with E-state index in [0.29, 0.717) is 23.6 Å². The number of hydrogen-bond acceptors (Lipinski definition) is 4. The summed E-state index contributed by atoms with van der Waals surface area (Å²) in [7, 11) is 0. The molecular weight excluding hydrogens is 312 g/mol. The molecule has 1 saturated heterocycles. The van der Waals surface area contributed by atoms with E-state index in [9.17, 15) is 4.79 Å². The summed E-state index contributed by atoms with van der Waals surface area (Å²) in [6.45, 7) is 1.57. The van der Waals surface area contributed by atoms with E-state index in [1.807, 2.05) is 0 Å². The number of carbonyl (C=O) groups excluding carboxylic acids is 1. The number of rotatable bonds is 1. The molecule has 1 fully saturated rings. The number of amides is 1. The van der Waals surface area contributed by atoms with Crippen LogP contribution in [0.3, 0.4) is 0 Å². The molecule has 5 nitrogen and oxygen atoms in total. The highest BCUT2D eigenvalue weighted by molar-refractivity contribution is 9.10. The normalized spacial score (nSPS) is 21.6. The third-order valence-corrected chi connectivity index (χ3v) is 4.01. The molecule has 0 bridgehead atoms. The molecule has 6 heteroatoms. The minimum atomic E-state index is -0.00542. The minimum absolute atomic E-state index is 0.00542. The molecule has 3 rings (SSSR count). The maximum Gasteiger partial charge on any atom is 0.254 e. The summed E-state index contributed by atoms with van der Waals surface area (Å²) < 4.78 is 11.4. The van der Waals surface area contributed by atoms with Crippen molar-refractivity contribution in [3.8, 4) is 11.5 Å². The van der Waals surface area contributed by atoms with Crippen molar-refractivity contribution in [2.45, 2.75) is 18.9 Å². The number of nitrogens with two attached hydrogens (primary N) is 1. The Morgan fingerprint density at radius 3 is 3.05 bits per heavy atom. The van der Waals surface area contributed by atoms with Crippen molar-refractivity contribution >= 4 is 21.8 Å². The third kappa shape index (κ3) is 2.42. The van der Waals surface area contributed by atoms with Gasteiger partial charge in [-0.2, -0.15) is 0 Å². The van der Waals surface area contributed by atoms with Crippen LogP contribution in [0.2, 0.25) is 0 Å². The Balaban J connectivity index is 1.86. The standard InChI is InChI=1S/C13H15BrN2O3/c14-10-4-8(5-11-12(10)19-7-18-11)13(17)16-3-1-2-9(15)6-16/h4-5,9H,1-3,6-7,15H2/t9-/m1/s1. The van der Waals surface area contributed by atoms with Gasteiger partial charge >= 0.3 is 0 Å². The van der Waals surface area contributed by atoms with Crippen LogP contribution in [0.15, 0.2) is 16.6 Å². The lowest BCUT2D eigenvalue weighted by Gasteiger charge is -2.30. The van der Waals surface area contributed by atoms with Gasteiger partial charge in [0.1, 0.15) is 0 Å². The Labute approximate surface area is 119 Å². The first-order chi connectivity index (χ1) is 9.15. The summed E-state index contributed by atoms with van der Waals surface area (Å²) in [5.41, 5.74) is 6.52. The van der Waals surface area contributed by atoms with Crippen LogP contribution in [0.1, 0.15) is 23.2 Å². The highest BCUT2D eigenvalue weighted by Crippen LogP contribution is 2.40. The second kappa shape index (κ2) is 5.02. The van der Waals surface area contributed by atoms with E-state index >= 15 is 0 Å². The molecule has 102 valence electrons. The molecule has 0 spiro atoms. The molecule has 0 unspecified atom stereocenters. The molecule has 0 saturated carbocycles. The van der Waals surface area contributed by atoms with Gasteiger partial charge in [-0.3, -0.25) is 4.79 Å². The zero-order valence-electron chi connectivity index (χ0n) is 10.4. The van der Waals surface area contributed by atoms with E-state index in [2.05, 4.69) is 15.9 Å². The Morgan fingerprint density at radius 1 is 1.42 bits per heavy atom. The molecule has 1 aromatic carbocycles. The number of nitrogens with zero attached hydrogens (tertiary/aromatic N) is 1. The first kappa shape index (κ1) is 12.7. The van der Waals surface area contributed by atoms with Crippen molar-refractivity contribution in [1.29, 1.82) is 0 Å². The number of hydrogen-bond donors (Lipinski definition) is 1. The summed E-state index contributed by atoms with van der Waals surface area (Å²) in [4.78, 5) is 14.3. The summed E-state index contributed by atoms with van der Waals surface area (Å²) in [6, 6.07) is 3.58. The van der Waals surface area contributed by atoms with Gasteiger partial charge in [0.15, 0.2) is 11.5 Å². The Hall–Kier alpha value is -1.27. The van der Waals surface area contributed by atoms with Crippen molar-refractivity contribution in [3.05, 3.63) is 22.2 Å². The SMILES string of the molecule is N[C@@H]1CCCN(C(=O)c2cc(Br)c3c(c2)OCO3)C1. The predicted octanol–water partition coefficient (Wildman–Crippen LogP) is 1.74. The molecule has 2 N–H and O–H groups in total. The van der Waals surface area contributed by atoms with Gasteiger partial charge in [0.25, 0.3) is 5.91 Å². The van der Waals surface area contributed by atoms with Gasteiger partial charge in [-0.15, -0.1) is 0 Å². The zero-order chi connectivity index (χ0) is 13.4. The van der Waals surface area contributed by atoms with Crippen LogP contribution in [-0.4, -0.2) is 36.7 Å². The highest BCUT2D eigenvalue weighted by Gasteiger charge is 2.25. The number of halogens is 1. The Bertz CT molecular complexity index is 521. The van der Waals surface area contributed by atoms with Gasteiger partial charge in [0.2, 0.25) is 6.79 Å². The van der Waals surface area contributed by atoms with Crippen LogP contribution in [0.4, 0.5) is 0 Å². The van der Waals surface area contributed by atoms with E-state index in [1.165, 1.54) is 0 Å². The van der Waals surface area contributed by atoms with Crippen LogP contribution >= 0.6 is 15.9 Å². The Morgan fingerprint density at radius 2 is 2.26 bits per heavy atom. The molecule has 0 aromatic heterocycles. The van der Waals surface area contributed by atoms with Crippen molar-refractivity contribution in [2.75, 3.05) is 19.9 Å². The molecule has 0 radical (unpaired) electrons. The molecule has 2 aliphatic heterocycles. The van der Waals surface area contributed by atoms with Gasteiger partial charge in [-0.05, 0) is 40.9 Å². The van der Waals surface area contributed by atoms with Gasteiger partial charge < -0.3 is 20.1 Å². The van der Waals surface area contributed by atoms with E-state index in [1.54, 1.807) is 17.0 Å².